The molecule has 0 unspecified atom stereocenters. The molecule has 0 spiro atoms. The fraction of sp³-hybridized carbons (Fsp3) is 0.125. The first-order chi connectivity index (χ1) is 9.63. The molecule has 100 valence electrons. The van der Waals surface area contributed by atoms with Gasteiger partial charge in [-0.2, -0.15) is 5.10 Å². The van der Waals surface area contributed by atoms with Crippen LogP contribution >= 0.6 is 11.6 Å². The van der Waals surface area contributed by atoms with Crippen LogP contribution in [0.3, 0.4) is 0 Å². The molecule has 3 nitrogen and oxygen atoms in total. The molecule has 0 aliphatic heterocycles. The molecule has 3 aromatic rings. The number of aromatic nitrogens is 3. The Morgan fingerprint density at radius 2 is 1.55 bits per heavy atom. The summed E-state index contributed by atoms with van der Waals surface area (Å²) in [5, 5.41) is 5.20. The smallest absolute Gasteiger partial charge is 0.163 e. The molecule has 0 saturated heterocycles. The maximum atomic E-state index is 5.94. The van der Waals surface area contributed by atoms with Crippen molar-refractivity contribution in [1.29, 1.82) is 0 Å². The second-order valence-electron chi connectivity index (χ2n) is 4.74. The van der Waals surface area contributed by atoms with Gasteiger partial charge in [0.25, 0.3) is 0 Å². The maximum Gasteiger partial charge on any atom is 0.163 e. The van der Waals surface area contributed by atoms with Gasteiger partial charge in [0.15, 0.2) is 5.82 Å². The minimum atomic E-state index is 0.715. The Morgan fingerprint density at radius 3 is 2.20 bits per heavy atom. The number of hydrogen-bond donors (Lipinski definition) is 0. The Morgan fingerprint density at radius 1 is 0.900 bits per heavy atom. The Kier molecular flexibility index (Phi) is 3.28. The Bertz CT molecular complexity index is 664. The van der Waals surface area contributed by atoms with Crippen LogP contribution in [0.15, 0.2) is 48.5 Å². The van der Waals surface area contributed by atoms with Gasteiger partial charge in [-0.05, 0) is 50.2 Å². The van der Waals surface area contributed by atoms with Crippen molar-refractivity contribution in [2.75, 3.05) is 0 Å². The molecule has 0 aliphatic carbocycles. The second kappa shape index (κ2) is 5.10. The zero-order chi connectivity index (χ0) is 14.1. The van der Waals surface area contributed by atoms with Gasteiger partial charge < -0.3 is 0 Å². The average Bonchev–Trinajstić information content (AvgIpc) is 2.82. The zero-order valence-electron chi connectivity index (χ0n) is 11.3. The van der Waals surface area contributed by atoms with E-state index in [2.05, 4.69) is 29.1 Å². The highest BCUT2D eigenvalue weighted by Crippen LogP contribution is 2.23. The molecule has 0 atom stereocenters. The normalized spacial score (nSPS) is 10.8. The summed E-state index contributed by atoms with van der Waals surface area (Å²) in [4.78, 5) is 4.52. The van der Waals surface area contributed by atoms with Gasteiger partial charge >= 0.3 is 0 Å². The molecule has 2 aromatic carbocycles. The molecule has 0 fully saturated rings. The van der Waals surface area contributed by atoms with Gasteiger partial charge in [-0.3, -0.25) is 0 Å². The van der Waals surface area contributed by atoms with Gasteiger partial charge in [0, 0.05) is 10.6 Å². The van der Waals surface area contributed by atoms with E-state index in [4.69, 9.17) is 11.6 Å². The largest absolute Gasteiger partial charge is 0.213 e. The molecule has 4 heteroatoms. The predicted molar refractivity (Wildman–Crippen MR) is 81.3 cm³/mol. The van der Waals surface area contributed by atoms with Gasteiger partial charge in [-0.25, -0.2) is 9.67 Å². The third-order valence-electron chi connectivity index (χ3n) is 3.09. The van der Waals surface area contributed by atoms with Crippen molar-refractivity contribution < 1.29 is 0 Å². The molecule has 3 rings (SSSR count). The lowest BCUT2D eigenvalue weighted by atomic mass is 10.2. The Balaban J connectivity index is 2.12. The summed E-state index contributed by atoms with van der Waals surface area (Å²) in [5.41, 5.74) is 3.22. The Hall–Kier alpha value is -2.13. The van der Waals surface area contributed by atoms with Gasteiger partial charge in [0.1, 0.15) is 5.82 Å². The molecule has 1 aromatic heterocycles. The fourth-order valence-electron chi connectivity index (χ4n) is 2.07. The van der Waals surface area contributed by atoms with Crippen LogP contribution in [0, 0.1) is 13.8 Å². The molecular formula is C16H14ClN3. The van der Waals surface area contributed by atoms with Crippen LogP contribution in [-0.2, 0) is 0 Å². The van der Waals surface area contributed by atoms with Crippen molar-refractivity contribution in [3.63, 3.8) is 0 Å². The van der Waals surface area contributed by atoms with Crippen molar-refractivity contribution in [2.24, 2.45) is 0 Å². The van der Waals surface area contributed by atoms with E-state index in [-0.39, 0.29) is 0 Å². The summed E-state index contributed by atoms with van der Waals surface area (Å²) >= 11 is 5.94. The summed E-state index contributed by atoms with van der Waals surface area (Å²) in [6, 6.07) is 15.9. The lowest BCUT2D eigenvalue weighted by molar-refractivity contribution is 0.869. The SMILES string of the molecule is Cc1ccc(-n2nc(C)nc2-c2ccc(Cl)cc2)cc1. The minimum absolute atomic E-state index is 0.715. The van der Waals surface area contributed by atoms with Gasteiger partial charge in [0.05, 0.1) is 5.69 Å². The van der Waals surface area contributed by atoms with Crippen molar-refractivity contribution in [3.8, 4) is 17.1 Å². The highest BCUT2D eigenvalue weighted by molar-refractivity contribution is 6.30. The standard InChI is InChI=1S/C16H14ClN3/c1-11-3-9-15(10-4-11)20-16(18-12(2)19-20)13-5-7-14(17)8-6-13/h3-10H,1-2H3. The van der Waals surface area contributed by atoms with Crippen LogP contribution in [0.4, 0.5) is 0 Å². The van der Waals surface area contributed by atoms with Crippen LogP contribution in [0.2, 0.25) is 5.02 Å². The van der Waals surface area contributed by atoms with E-state index in [9.17, 15) is 0 Å². The zero-order valence-corrected chi connectivity index (χ0v) is 12.1. The third-order valence-corrected chi connectivity index (χ3v) is 3.35. The summed E-state index contributed by atoms with van der Waals surface area (Å²) in [7, 11) is 0. The quantitative estimate of drug-likeness (QED) is 0.705. The fourth-order valence-corrected chi connectivity index (χ4v) is 2.19. The second-order valence-corrected chi connectivity index (χ2v) is 5.17. The topological polar surface area (TPSA) is 30.7 Å². The lowest BCUT2D eigenvalue weighted by Crippen LogP contribution is -1.99. The number of nitrogens with zero attached hydrogens (tertiary/aromatic N) is 3. The summed E-state index contributed by atoms with van der Waals surface area (Å²) < 4.78 is 1.86. The van der Waals surface area contributed by atoms with E-state index >= 15 is 0 Å². The first-order valence-corrected chi connectivity index (χ1v) is 6.78. The van der Waals surface area contributed by atoms with Crippen LogP contribution in [-0.4, -0.2) is 14.8 Å². The van der Waals surface area contributed by atoms with Crippen molar-refractivity contribution in [1.82, 2.24) is 14.8 Å². The number of benzene rings is 2. The highest BCUT2D eigenvalue weighted by atomic mass is 35.5. The monoisotopic (exact) mass is 283 g/mol. The Labute approximate surface area is 122 Å². The van der Waals surface area contributed by atoms with Gasteiger partial charge in [-0.15, -0.1) is 0 Å². The minimum Gasteiger partial charge on any atom is -0.213 e. The molecule has 0 amide bonds. The molecule has 1 heterocycles. The van der Waals surface area contributed by atoms with E-state index in [0.29, 0.717) is 5.02 Å². The molecule has 20 heavy (non-hydrogen) atoms. The van der Waals surface area contributed by atoms with E-state index < -0.39 is 0 Å². The first kappa shape index (κ1) is 12.9. The molecule has 0 bridgehead atoms. The van der Waals surface area contributed by atoms with Crippen LogP contribution in [0.1, 0.15) is 11.4 Å². The van der Waals surface area contributed by atoms with Crippen molar-refractivity contribution in [2.45, 2.75) is 13.8 Å². The molecule has 0 saturated carbocycles. The number of rotatable bonds is 2. The lowest BCUT2D eigenvalue weighted by Gasteiger charge is -2.06. The molecule has 0 radical (unpaired) electrons. The van der Waals surface area contributed by atoms with E-state index in [0.717, 1.165) is 22.9 Å². The maximum absolute atomic E-state index is 5.94. The average molecular weight is 284 g/mol. The van der Waals surface area contributed by atoms with Crippen molar-refractivity contribution in [3.05, 3.63) is 64.9 Å². The van der Waals surface area contributed by atoms with Gasteiger partial charge in [-0.1, -0.05) is 29.3 Å². The number of aryl methyl sites for hydroxylation is 2. The van der Waals surface area contributed by atoms with Gasteiger partial charge in [0.2, 0.25) is 0 Å². The van der Waals surface area contributed by atoms with E-state index in [1.54, 1.807) is 0 Å². The summed E-state index contributed by atoms with van der Waals surface area (Å²) in [6.45, 7) is 3.96. The first-order valence-electron chi connectivity index (χ1n) is 6.40. The van der Waals surface area contributed by atoms with Crippen molar-refractivity contribution >= 4 is 11.6 Å². The van der Waals surface area contributed by atoms with Crippen LogP contribution < -0.4 is 0 Å². The number of halogens is 1. The molecular weight excluding hydrogens is 270 g/mol. The van der Waals surface area contributed by atoms with Crippen LogP contribution in [0.5, 0.6) is 0 Å². The predicted octanol–water partition coefficient (Wildman–Crippen LogP) is 4.20. The van der Waals surface area contributed by atoms with E-state index in [1.165, 1.54) is 5.56 Å². The molecule has 0 aliphatic rings. The van der Waals surface area contributed by atoms with Crippen LogP contribution in [0.25, 0.3) is 17.1 Å². The van der Waals surface area contributed by atoms with E-state index in [1.807, 2.05) is 48.0 Å². The number of hydrogen-bond acceptors (Lipinski definition) is 2. The summed E-state index contributed by atoms with van der Waals surface area (Å²) in [6.07, 6.45) is 0. The summed E-state index contributed by atoms with van der Waals surface area (Å²) in [5.74, 6) is 1.57. The highest BCUT2D eigenvalue weighted by Gasteiger charge is 2.11. The molecule has 0 N–H and O–H groups in total. The third kappa shape index (κ3) is 2.45.